The van der Waals surface area contributed by atoms with Gasteiger partial charge < -0.3 is 30.3 Å². The van der Waals surface area contributed by atoms with Crippen molar-refractivity contribution < 1.29 is 56.0 Å². The molecular weight excluding hydrogens is 695 g/mol. The molecule has 1 aliphatic heterocycles. The molecule has 52 heavy (non-hydrogen) atoms. The molecule has 0 saturated carbocycles. The number of fused-ring (bicyclic) bond motifs is 1. The van der Waals surface area contributed by atoms with Gasteiger partial charge in [-0.25, -0.2) is 4.98 Å². The third-order valence-corrected chi connectivity index (χ3v) is 8.54. The number of esters is 1. The lowest BCUT2D eigenvalue weighted by atomic mass is 9.94. The fraction of sp³-hybridized carbons (Fsp3) is 0.444. The number of amides is 2. The van der Waals surface area contributed by atoms with Gasteiger partial charge in [0.15, 0.2) is 6.23 Å². The molecule has 2 unspecified atom stereocenters. The van der Waals surface area contributed by atoms with Crippen molar-refractivity contribution in [3.8, 4) is 0 Å². The lowest BCUT2D eigenvalue weighted by Gasteiger charge is -2.35. The molecule has 0 radical (unpaired) electrons. The van der Waals surface area contributed by atoms with Gasteiger partial charge >= 0.3 is 18.1 Å². The first-order chi connectivity index (χ1) is 24.3. The monoisotopic (exact) mass is 736 g/mol. The highest BCUT2D eigenvalue weighted by Gasteiger charge is 2.64. The number of carbonyl (C=O) groups is 3. The molecule has 1 aromatic heterocycles. The molecule has 0 aliphatic carbocycles. The van der Waals surface area contributed by atoms with Crippen LogP contribution in [0.3, 0.4) is 0 Å². The van der Waals surface area contributed by atoms with E-state index in [0.717, 1.165) is 26.0 Å². The molecule has 2 aromatic carbocycles. The van der Waals surface area contributed by atoms with E-state index >= 15 is 8.78 Å². The average Bonchev–Trinajstić information content (AvgIpc) is 3.10. The topological polar surface area (TPSA) is 156 Å². The Hall–Kier alpha value is -4.51. The Morgan fingerprint density at radius 2 is 1.52 bits per heavy atom. The van der Waals surface area contributed by atoms with Crippen molar-refractivity contribution >= 4 is 28.6 Å². The van der Waals surface area contributed by atoms with Crippen LogP contribution in [0.2, 0.25) is 0 Å². The Morgan fingerprint density at radius 1 is 0.942 bits per heavy atom. The number of benzene rings is 2. The van der Waals surface area contributed by atoms with Crippen molar-refractivity contribution in [3.63, 3.8) is 0 Å². The lowest BCUT2D eigenvalue weighted by Crippen LogP contribution is -2.45. The summed E-state index contributed by atoms with van der Waals surface area (Å²) in [5.74, 6) is -13.0. The minimum atomic E-state index is -6.30. The Morgan fingerprint density at radius 3 is 2.06 bits per heavy atom. The summed E-state index contributed by atoms with van der Waals surface area (Å²) in [6.45, 7) is 7.67. The number of nitrogens with zero attached hydrogens (tertiary/aromatic N) is 3. The first-order valence-electron chi connectivity index (χ1n) is 16.5. The highest BCUT2D eigenvalue weighted by Crippen LogP contribution is 2.46. The summed E-state index contributed by atoms with van der Waals surface area (Å²) < 4.78 is 82.4. The molecular formula is C36H41F5N4O7. The van der Waals surface area contributed by atoms with Crippen LogP contribution in [0.1, 0.15) is 79.1 Å². The second-order valence-corrected chi connectivity index (χ2v) is 13.0. The van der Waals surface area contributed by atoms with E-state index < -0.39 is 71.3 Å². The molecule has 3 atom stereocenters. The molecule has 1 fully saturated rings. The number of aliphatic hydroxyl groups excluding tert-OH is 2. The van der Waals surface area contributed by atoms with Gasteiger partial charge in [-0.2, -0.15) is 22.0 Å². The zero-order chi connectivity index (χ0) is 38.7. The average molecular weight is 737 g/mol. The van der Waals surface area contributed by atoms with Gasteiger partial charge in [-0.1, -0.05) is 52.0 Å². The Labute approximate surface area is 296 Å². The van der Waals surface area contributed by atoms with Crippen LogP contribution in [0.4, 0.5) is 22.0 Å². The van der Waals surface area contributed by atoms with Crippen LogP contribution in [0.15, 0.2) is 66.1 Å². The van der Waals surface area contributed by atoms with E-state index in [1.165, 1.54) is 23.1 Å². The number of ether oxygens (including phenoxy) is 2. The Balaban J connectivity index is 1.98. The molecule has 3 aromatic rings. The number of allylic oxidation sites excluding steroid dienone is 2. The molecule has 0 bridgehead atoms. The van der Waals surface area contributed by atoms with Gasteiger partial charge in [-0.05, 0) is 47.6 Å². The van der Waals surface area contributed by atoms with E-state index in [1.54, 1.807) is 38.1 Å². The minimum Gasteiger partial charge on any atom is -0.422 e. The van der Waals surface area contributed by atoms with Crippen molar-refractivity contribution in [3.05, 3.63) is 88.6 Å². The second-order valence-electron chi connectivity index (χ2n) is 13.0. The third-order valence-electron chi connectivity index (χ3n) is 8.54. The SMILES string of the molecule is CC(=O)OC(=C(C(C)C)N(C(=O)c1ccc(C(=O)N2CCOCC2)cc1)C(O)c1cc2ccccc2c(C(O)[C@@H](N)C(C)C)n1)C(F)(F)C(F)(F)F. The van der Waals surface area contributed by atoms with Crippen LogP contribution < -0.4 is 5.73 Å². The van der Waals surface area contributed by atoms with Crippen LogP contribution in [0, 0.1) is 11.8 Å². The minimum absolute atomic E-state index is 0.0531. The molecule has 4 rings (SSSR count). The van der Waals surface area contributed by atoms with E-state index in [4.69, 9.17) is 10.5 Å². The Bertz CT molecular complexity index is 1810. The number of hydrogen-bond donors (Lipinski definition) is 3. The second kappa shape index (κ2) is 16.0. The summed E-state index contributed by atoms with van der Waals surface area (Å²) >= 11 is 0. The number of aliphatic hydroxyl groups is 2. The maximum absolute atomic E-state index is 15.3. The van der Waals surface area contributed by atoms with Gasteiger partial charge in [0.2, 0.25) is 5.76 Å². The van der Waals surface area contributed by atoms with Gasteiger partial charge in [0, 0.05) is 42.6 Å². The zero-order valence-corrected chi connectivity index (χ0v) is 29.2. The van der Waals surface area contributed by atoms with Gasteiger partial charge in [0.1, 0.15) is 6.10 Å². The number of nitrogens with two attached hydrogens (primary N) is 1. The highest BCUT2D eigenvalue weighted by molar-refractivity contribution is 5.99. The Kier molecular flexibility index (Phi) is 12.4. The molecule has 4 N–H and O–H groups in total. The molecule has 2 heterocycles. The first kappa shape index (κ1) is 40.3. The third kappa shape index (κ3) is 8.41. The van der Waals surface area contributed by atoms with Crippen molar-refractivity contribution in [2.24, 2.45) is 17.6 Å². The van der Waals surface area contributed by atoms with E-state index in [9.17, 15) is 37.8 Å². The van der Waals surface area contributed by atoms with Crippen molar-refractivity contribution in [2.45, 2.75) is 65.1 Å². The van der Waals surface area contributed by atoms with Crippen LogP contribution in [0.5, 0.6) is 0 Å². The summed E-state index contributed by atoms with van der Waals surface area (Å²) in [6, 6.07) is 11.6. The summed E-state index contributed by atoms with van der Waals surface area (Å²) in [5, 5.41) is 24.0. The predicted octanol–water partition coefficient (Wildman–Crippen LogP) is 5.49. The molecule has 0 spiro atoms. The van der Waals surface area contributed by atoms with Crippen LogP contribution in [-0.4, -0.2) is 87.2 Å². The number of hydrogen-bond acceptors (Lipinski definition) is 9. The zero-order valence-electron chi connectivity index (χ0n) is 29.2. The number of morpholine rings is 1. The van der Waals surface area contributed by atoms with E-state index in [-0.39, 0.29) is 27.6 Å². The predicted molar refractivity (Wildman–Crippen MR) is 178 cm³/mol. The van der Waals surface area contributed by atoms with E-state index in [0.29, 0.717) is 44.0 Å². The number of alkyl halides is 5. The lowest BCUT2D eigenvalue weighted by molar-refractivity contribution is -0.276. The fourth-order valence-electron chi connectivity index (χ4n) is 5.68. The number of halogens is 5. The molecule has 1 aliphatic rings. The molecule has 11 nitrogen and oxygen atoms in total. The maximum atomic E-state index is 15.3. The number of carbonyl (C=O) groups excluding carboxylic acids is 3. The molecule has 1 saturated heterocycles. The number of aromatic nitrogens is 1. The van der Waals surface area contributed by atoms with Crippen LogP contribution >= 0.6 is 0 Å². The van der Waals surface area contributed by atoms with Gasteiger partial charge in [-0.3, -0.25) is 19.3 Å². The first-order valence-corrected chi connectivity index (χ1v) is 16.5. The van der Waals surface area contributed by atoms with E-state index in [2.05, 4.69) is 9.72 Å². The standard InChI is InChI=1S/C36H41F5N4O7/c1-19(2)27(42)30(47)28-25-9-7-6-8-24(25)18-26(43-28)34(50)45(29(20(3)4)31(52-21(5)46)35(37,38)36(39,40)41)33(49)23-12-10-22(11-13-23)32(48)44-14-16-51-17-15-44/h6-13,18-20,27,30,34,47,50H,14-17,42H2,1-5H3/t27-,30?,34?/m0/s1. The van der Waals surface area contributed by atoms with Crippen LogP contribution in [-0.2, 0) is 14.3 Å². The highest BCUT2D eigenvalue weighted by atomic mass is 19.4. The summed E-state index contributed by atoms with van der Waals surface area (Å²) in [4.78, 5) is 45.6. The van der Waals surface area contributed by atoms with E-state index in [1.807, 2.05) is 0 Å². The van der Waals surface area contributed by atoms with Gasteiger partial charge in [-0.15, -0.1) is 0 Å². The van der Waals surface area contributed by atoms with Crippen LogP contribution in [0.25, 0.3) is 10.8 Å². The number of rotatable bonds is 11. The quantitative estimate of drug-likeness (QED) is 0.100. The maximum Gasteiger partial charge on any atom is 0.461 e. The van der Waals surface area contributed by atoms with Crippen molar-refractivity contribution in [2.75, 3.05) is 26.3 Å². The normalized spacial score (nSPS) is 16.4. The van der Waals surface area contributed by atoms with Crippen molar-refractivity contribution in [1.82, 2.24) is 14.8 Å². The number of pyridine rings is 1. The van der Waals surface area contributed by atoms with Gasteiger partial charge in [0.25, 0.3) is 11.8 Å². The molecule has 16 heteroatoms. The van der Waals surface area contributed by atoms with Crippen molar-refractivity contribution in [1.29, 1.82) is 0 Å². The van der Waals surface area contributed by atoms with Gasteiger partial charge in [0.05, 0.1) is 30.3 Å². The summed E-state index contributed by atoms with van der Waals surface area (Å²) in [5.41, 5.74) is 4.38. The smallest absolute Gasteiger partial charge is 0.422 e. The molecule has 282 valence electrons. The summed E-state index contributed by atoms with van der Waals surface area (Å²) in [7, 11) is 0. The largest absolute Gasteiger partial charge is 0.461 e. The fourth-order valence-corrected chi connectivity index (χ4v) is 5.68. The summed E-state index contributed by atoms with van der Waals surface area (Å²) in [6.07, 6.45) is -10.1. The molecule has 2 amide bonds.